The van der Waals surface area contributed by atoms with Crippen molar-refractivity contribution in [2.24, 2.45) is 35.5 Å². The smallest absolute Gasteiger partial charge is 0.233 e. The SMILES string of the molecule is O=C(CCN1C(=O)[C@@H]2[C@H]3C=C[C@@H]([C@@H]4C[C@H]34)[C@H]2C1=O)Nc1ccccc1Cl. The fourth-order valence-electron chi connectivity index (χ4n) is 5.23. The average molecular weight is 371 g/mol. The van der Waals surface area contributed by atoms with E-state index < -0.39 is 0 Å². The molecule has 2 saturated carbocycles. The number of carbonyl (C=O) groups is 3. The number of hydrogen-bond acceptors (Lipinski definition) is 3. The molecule has 0 aromatic heterocycles. The molecule has 1 heterocycles. The molecule has 6 rings (SSSR count). The first kappa shape index (κ1) is 16.1. The van der Waals surface area contributed by atoms with Crippen molar-refractivity contribution in [3.05, 3.63) is 41.4 Å². The van der Waals surface area contributed by atoms with Gasteiger partial charge in [0.25, 0.3) is 0 Å². The summed E-state index contributed by atoms with van der Waals surface area (Å²) in [5.41, 5.74) is 0.536. The molecule has 3 fully saturated rings. The normalized spacial score (nSPS) is 36.1. The lowest BCUT2D eigenvalue weighted by molar-refractivity contribution is -0.140. The third kappa shape index (κ3) is 2.26. The maximum absolute atomic E-state index is 12.8. The Hall–Kier alpha value is -2.14. The van der Waals surface area contributed by atoms with E-state index in [4.69, 9.17) is 11.6 Å². The van der Waals surface area contributed by atoms with Crippen molar-refractivity contribution in [1.82, 2.24) is 4.90 Å². The Labute approximate surface area is 156 Å². The number of allylic oxidation sites excluding steroid dienone is 2. The number of likely N-dealkylation sites (tertiary alicyclic amines) is 1. The number of imide groups is 1. The number of anilines is 1. The first-order valence-corrected chi connectivity index (χ1v) is 9.52. The molecule has 1 aromatic carbocycles. The van der Waals surface area contributed by atoms with E-state index in [1.54, 1.807) is 24.3 Å². The standard InChI is InChI=1S/C20H19ClN2O3/c21-14-3-1-2-4-15(14)22-16(24)7-8-23-19(25)17-10-5-6-11(13-9-12(10)13)18(17)20(23)26/h1-6,10-13,17-18H,7-9H2,(H,22,24)/t10-,11-,12-,13+,17+,18+/m0/s1. The number of hydrogen-bond donors (Lipinski definition) is 1. The molecule has 5 aliphatic rings. The highest BCUT2D eigenvalue weighted by Gasteiger charge is 2.66. The molecule has 0 radical (unpaired) electrons. The third-order valence-corrected chi connectivity index (χ3v) is 6.79. The van der Waals surface area contributed by atoms with Crippen molar-refractivity contribution in [3.8, 4) is 0 Å². The molecule has 3 amide bonds. The van der Waals surface area contributed by atoms with Gasteiger partial charge in [0.05, 0.1) is 22.5 Å². The quantitative estimate of drug-likeness (QED) is 0.654. The number of para-hydroxylation sites is 1. The first-order valence-electron chi connectivity index (χ1n) is 9.14. The molecule has 2 bridgehead atoms. The van der Waals surface area contributed by atoms with Crippen LogP contribution in [0, 0.1) is 35.5 Å². The minimum absolute atomic E-state index is 0.0811. The molecule has 1 aliphatic heterocycles. The third-order valence-electron chi connectivity index (χ3n) is 6.46. The second-order valence-electron chi connectivity index (χ2n) is 7.76. The van der Waals surface area contributed by atoms with Crippen LogP contribution in [0.1, 0.15) is 12.8 Å². The highest BCUT2D eigenvalue weighted by Crippen LogP contribution is 2.65. The molecule has 134 valence electrons. The molecule has 4 aliphatic carbocycles. The summed E-state index contributed by atoms with van der Waals surface area (Å²) >= 11 is 6.04. The maximum Gasteiger partial charge on any atom is 0.233 e. The van der Waals surface area contributed by atoms with Crippen molar-refractivity contribution < 1.29 is 14.4 Å². The number of nitrogens with zero attached hydrogens (tertiary/aromatic N) is 1. The number of nitrogens with one attached hydrogen (secondary N) is 1. The van der Waals surface area contributed by atoms with Crippen LogP contribution < -0.4 is 5.32 Å². The number of benzene rings is 1. The first-order chi connectivity index (χ1) is 12.6. The van der Waals surface area contributed by atoms with Crippen LogP contribution in [0.4, 0.5) is 5.69 Å². The molecule has 6 atom stereocenters. The zero-order valence-electron chi connectivity index (χ0n) is 14.1. The van der Waals surface area contributed by atoms with Crippen LogP contribution in [0.25, 0.3) is 0 Å². The van der Waals surface area contributed by atoms with Crippen molar-refractivity contribution >= 4 is 35.0 Å². The summed E-state index contributed by atoms with van der Waals surface area (Å²) in [4.78, 5) is 39.2. The largest absolute Gasteiger partial charge is 0.325 e. The van der Waals surface area contributed by atoms with Crippen LogP contribution in [0.5, 0.6) is 0 Å². The van der Waals surface area contributed by atoms with Gasteiger partial charge in [0.15, 0.2) is 0 Å². The minimum atomic E-state index is -0.252. The van der Waals surface area contributed by atoms with E-state index in [0.29, 0.717) is 22.5 Å². The summed E-state index contributed by atoms with van der Waals surface area (Å²) < 4.78 is 0. The maximum atomic E-state index is 12.8. The number of amides is 3. The lowest BCUT2D eigenvalue weighted by Gasteiger charge is -2.37. The average Bonchev–Trinajstić information content (AvgIpc) is 3.41. The van der Waals surface area contributed by atoms with Gasteiger partial charge in [-0.1, -0.05) is 35.9 Å². The molecule has 6 heteroatoms. The van der Waals surface area contributed by atoms with Crippen molar-refractivity contribution in [2.45, 2.75) is 12.8 Å². The lowest BCUT2D eigenvalue weighted by atomic mass is 9.63. The van der Waals surface area contributed by atoms with Gasteiger partial charge in [-0.2, -0.15) is 0 Å². The number of carbonyl (C=O) groups excluding carboxylic acids is 3. The summed E-state index contributed by atoms with van der Waals surface area (Å²) in [7, 11) is 0. The molecule has 1 aromatic rings. The summed E-state index contributed by atoms with van der Waals surface area (Å²) in [5.74, 6) is 0.781. The predicted octanol–water partition coefficient (Wildman–Crippen LogP) is 2.72. The fourth-order valence-corrected chi connectivity index (χ4v) is 5.41. The Kier molecular flexibility index (Phi) is 3.51. The second kappa shape index (κ2) is 5.68. The lowest BCUT2D eigenvalue weighted by Crippen LogP contribution is -2.40. The Bertz CT molecular complexity index is 815. The Morgan fingerprint density at radius 2 is 1.69 bits per heavy atom. The Balaban J connectivity index is 1.26. The van der Waals surface area contributed by atoms with E-state index in [1.807, 2.05) is 0 Å². The Morgan fingerprint density at radius 1 is 1.08 bits per heavy atom. The second-order valence-corrected chi connectivity index (χ2v) is 8.17. The fraction of sp³-hybridized carbons (Fsp3) is 0.450. The molecule has 0 spiro atoms. The molecule has 5 nitrogen and oxygen atoms in total. The van der Waals surface area contributed by atoms with Crippen molar-refractivity contribution in [1.29, 1.82) is 0 Å². The van der Waals surface area contributed by atoms with Gasteiger partial charge in [0.2, 0.25) is 17.7 Å². The van der Waals surface area contributed by atoms with Gasteiger partial charge < -0.3 is 5.32 Å². The number of rotatable bonds is 4. The van der Waals surface area contributed by atoms with Crippen molar-refractivity contribution in [3.63, 3.8) is 0 Å². The van der Waals surface area contributed by atoms with Crippen LogP contribution in [0.3, 0.4) is 0 Å². The summed E-state index contributed by atoms with van der Waals surface area (Å²) in [6.45, 7) is 0.135. The van der Waals surface area contributed by atoms with Gasteiger partial charge in [-0.05, 0) is 42.2 Å². The van der Waals surface area contributed by atoms with E-state index in [1.165, 1.54) is 4.90 Å². The van der Waals surface area contributed by atoms with Crippen LogP contribution in [0.15, 0.2) is 36.4 Å². The summed E-state index contributed by atoms with van der Waals surface area (Å²) in [6, 6.07) is 6.99. The molecular weight excluding hydrogens is 352 g/mol. The summed E-state index contributed by atoms with van der Waals surface area (Å²) in [6.07, 6.45) is 5.53. The summed E-state index contributed by atoms with van der Waals surface area (Å²) in [5, 5.41) is 3.20. The molecular formula is C20H19ClN2O3. The monoisotopic (exact) mass is 370 g/mol. The van der Waals surface area contributed by atoms with Crippen LogP contribution in [-0.4, -0.2) is 29.2 Å². The van der Waals surface area contributed by atoms with E-state index in [2.05, 4.69) is 17.5 Å². The highest BCUT2D eigenvalue weighted by atomic mass is 35.5. The van der Waals surface area contributed by atoms with E-state index in [0.717, 1.165) is 6.42 Å². The van der Waals surface area contributed by atoms with E-state index >= 15 is 0 Å². The van der Waals surface area contributed by atoms with Crippen LogP contribution in [0.2, 0.25) is 5.02 Å². The van der Waals surface area contributed by atoms with Crippen molar-refractivity contribution in [2.75, 3.05) is 11.9 Å². The minimum Gasteiger partial charge on any atom is -0.325 e. The van der Waals surface area contributed by atoms with Gasteiger partial charge >= 0.3 is 0 Å². The zero-order valence-corrected chi connectivity index (χ0v) is 14.9. The van der Waals surface area contributed by atoms with Gasteiger partial charge in [0.1, 0.15) is 0 Å². The van der Waals surface area contributed by atoms with Crippen LogP contribution in [-0.2, 0) is 14.4 Å². The van der Waals surface area contributed by atoms with E-state index in [9.17, 15) is 14.4 Å². The molecule has 26 heavy (non-hydrogen) atoms. The number of halogens is 1. The molecule has 1 saturated heterocycles. The molecule has 0 unspecified atom stereocenters. The molecule has 1 N–H and O–H groups in total. The topological polar surface area (TPSA) is 66.5 Å². The zero-order chi connectivity index (χ0) is 18.0. The predicted molar refractivity (Wildman–Crippen MR) is 96.1 cm³/mol. The van der Waals surface area contributed by atoms with Gasteiger partial charge in [-0.25, -0.2) is 0 Å². The van der Waals surface area contributed by atoms with Gasteiger partial charge in [-0.15, -0.1) is 0 Å². The highest BCUT2D eigenvalue weighted by molar-refractivity contribution is 6.33. The van der Waals surface area contributed by atoms with Crippen LogP contribution >= 0.6 is 11.6 Å². The van der Waals surface area contributed by atoms with E-state index in [-0.39, 0.29) is 54.4 Å². The van der Waals surface area contributed by atoms with Gasteiger partial charge in [0, 0.05) is 13.0 Å². The van der Waals surface area contributed by atoms with Gasteiger partial charge in [-0.3, -0.25) is 19.3 Å². The Morgan fingerprint density at radius 3 is 2.31 bits per heavy atom.